The van der Waals surface area contributed by atoms with E-state index >= 15 is 0 Å². The molecule has 4 nitrogen and oxygen atoms in total. The van der Waals surface area contributed by atoms with Gasteiger partial charge in [-0.25, -0.2) is 0 Å². The molecule has 1 aromatic carbocycles. The van der Waals surface area contributed by atoms with Gasteiger partial charge in [0.1, 0.15) is 5.75 Å². The third kappa shape index (κ3) is 4.85. The van der Waals surface area contributed by atoms with Crippen LogP contribution < -0.4 is 10.1 Å². The molecule has 0 bridgehead atoms. The van der Waals surface area contributed by atoms with Crippen molar-refractivity contribution in [3.8, 4) is 5.75 Å². The quantitative estimate of drug-likeness (QED) is 0.930. The van der Waals surface area contributed by atoms with Crippen LogP contribution in [-0.4, -0.2) is 43.1 Å². The summed E-state index contributed by atoms with van der Waals surface area (Å²) in [4.78, 5) is 14.1. The molecular formula is C14H20Cl2N2O2. The van der Waals surface area contributed by atoms with Crippen molar-refractivity contribution in [2.75, 3.05) is 26.2 Å². The second-order valence-corrected chi connectivity index (χ2v) is 5.08. The number of nitrogens with one attached hydrogen (secondary N) is 1. The lowest BCUT2D eigenvalue weighted by molar-refractivity contribution is -0.137. The maximum Gasteiger partial charge on any atom is 0.263 e. The minimum Gasteiger partial charge on any atom is -0.481 e. The normalized spacial score (nSPS) is 16.8. The van der Waals surface area contributed by atoms with Gasteiger partial charge in [-0.3, -0.25) is 4.79 Å². The SMILES string of the molecule is CC(Oc1cccc(Cl)c1)C(=O)N1CCCNCC1.Cl. The third-order valence-corrected chi connectivity index (χ3v) is 3.34. The van der Waals surface area contributed by atoms with Crippen molar-refractivity contribution < 1.29 is 9.53 Å². The molecule has 2 rings (SSSR count). The second kappa shape index (κ2) is 8.35. The number of nitrogens with zero attached hydrogens (tertiary/aromatic N) is 1. The van der Waals surface area contributed by atoms with E-state index < -0.39 is 6.10 Å². The topological polar surface area (TPSA) is 41.6 Å². The van der Waals surface area contributed by atoms with E-state index in [0.29, 0.717) is 10.8 Å². The Morgan fingerprint density at radius 1 is 1.40 bits per heavy atom. The fraction of sp³-hybridized carbons (Fsp3) is 0.500. The van der Waals surface area contributed by atoms with Gasteiger partial charge < -0.3 is 15.0 Å². The highest BCUT2D eigenvalue weighted by Gasteiger charge is 2.22. The molecule has 6 heteroatoms. The maximum absolute atomic E-state index is 12.3. The van der Waals surface area contributed by atoms with Gasteiger partial charge in [-0.15, -0.1) is 12.4 Å². The lowest BCUT2D eigenvalue weighted by Crippen LogP contribution is -2.42. The zero-order valence-corrected chi connectivity index (χ0v) is 13.0. The number of hydrogen-bond acceptors (Lipinski definition) is 3. The molecular weight excluding hydrogens is 299 g/mol. The average Bonchev–Trinajstić information content (AvgIpc) is 2.66. The van der Waals surface area contributed by atoms with Crippen LogP contribution in [0.3, 0.4) is 0 Å². The number of carbonyl (C=O) groups excluding carboxylic acids is 1. The smallest absolute Gasteiger partial charge is 0.263 e. The van der Waals surface area contributed by atoms with Crippen LogP contribution >= 0.6 is 24.0 Å². The van der Waals surface area contributed by atoms with Crippen molar-refractivity contribution in [3.63, 3.8) is 0 Å². The van der Waals surface area contributed by atoms with E-state index in [1.807, 2.05) is 11.0 Å². The fourth-order valence-corrected chi connectivity index (χ4v) is 2.30. The van der Waals surface area contributed by atoms with Crippen LogP contribution in [0.25, 0.3) is 0 Å². The Bertz CT molecular complexity index is 435. The van der Waals surface area contributed by atoms with Gasteiger partial charge in [0, 0.05) is 24.7 Å². The second-order valence-electron chi connectivity index (χ2n) is 4.65. The van der Waals surface area contributed by atoms with Crippen LogP contribution in [0.2, 0.25) is 5.02 Å². The van der Waals surface area contributed by atoms with Crippen molar-refractivity contribution in [2.45, 2.75) is 19.4 Å². The third-order valence-electron chi connectivity index (χ3n) is 3.11. The standard InChI is InChI=1S/C14H19ClN2O2.ClH/c1-11(19-13-5-2-4-12(15)10-13)14(18)17-8-3-6-16-7-9-17;/h2,4-5,10-11,16H,3,6-9H2,1H3;1H. The highest BCUT2D eigenvalue weighted by molar-refractivity contribution is 6.30. The molecule has 0 radical (unpaired) electrons. The first-order valence-electron chi connectivity index (χ1n) is 6.58. The number of amides is 1. The van der Waals surface area contributed by atoms with Gasteiger partial charge in [0.15, 0.2) is 6.10 Å². The lowest BCUT2D eigenvalue weighted by Gasteiger charge is -2.24. The molecule has 1 aliphatic rings. The molecule has 1 N–H and O–H groups in total. The maximum atomic E-state index is 12.3. The first-order chi connectivity index (χ1) is 9.16. The van der Waals surface area contributed by atoms with Gasteiger partial charge in [-0.05, 0) is 38.1 Å². The van der Waals surface area contributed by atoms with Crippen LogP contribution in [0.1, 0.15) is 13.3 Å². The summed E-state index contributed by atoms with van der Waals surface area (Å²) in [5, 5.41) is 3.88. The van der Waals surface area contributed by atoms with Crippen LogP contribution in [0.5, 0.6) is 5.75 Å². The summed E-state index contributed by atoms with van der Waals surface area (Å²) in [5.74, 6) is 0.657. The van der Waals surface area contributed by atoms with Crippen LogP contribution in [-0.2, 0) is 4.79 Å². The van der Waals surface area contributed by atoms with Crippen molar-refractivity contribution in [3.05, 3.63) is 29.3 Å². The molecule has 0 spiro atoms. The largest absolute Gasteiger partial charge is 0.481 e. The number of carbonyl (C=O) groups is 1. The Morgan fingerprint density at radius 3 is 2.95 bits per heavy atom. The fourth-order valence-electron chi connectivity index (χ4n) is 2.12. The molecule has 0 aliphatic carbocycles. The molecule has 1 unspecified atom stereocenters. The molecule has 112 valence electrons. The van der Waals surface area contributed by atoms with Gasteiger partial charge in [0.25, 0.3) is 5.91 Å². The number of hydrogen-bond donors (Lipinski definition) is 1. The van der Waals surface area contributed by atoms with Crippen molar-refractivity contribution in [1.29, 1.82) is 0 Å². The Kier molecular flexibility index (Phi) is 7.13. The molecule has 20 heavy (non-hydrogen) atoms. The molecule has 1 aliphatic heterocycles. The molecule has 1 amide bonds. The van der Waals surface area contributed by atoms with E-state index in [2.05, 4.69) is 5.32 Å². The van der Waals surface area contributed by atoms with Gasteiger partial charge in [0.2, 0.25) is 0 Å². The van der Waals surface area contributed by atoms with E-state index in [1.54, 1.807) is 25.1 Å². The molecule has 0 aromatic heterocycles. The molecule has 1 aromatic rings. The Balaban J connectivity index is 0.00000200. The van der Waals surface area contributed by atoms with Crippen LogP contribution in [0, 0.1) is 0 Å². The molecule has 0 saturated carbocycles. The number of rotatable bonds is 3. The Morgan fingerprint density at radius 2 is 2.20 bits per heavy atom. The summed E-state index contributed by atoms with van der Waals surface area (Å²) in [6.45, 7) is 5.11. The number of ether oxygens (including phenoxy) is 1. The lowest BCUT2D eigenvalue weighted by atomic mass is 10.3. The first kappa shape index (κ1) is 17.1. The summed E-state index contributed by atoms with van der Waals surface area (Å²) in [7, 11) is 0. The van der Waals surface area contributed by atoms with Crippen LogP contribution in [0.4, 0.5) is 0 Å². The van der Waals surface area contributed by atoms with Gasteiger partial charge in [0.05, 0.1) is 0 Å². The van der Waals surface area contributed by atoms with Gasteiger partial charge in [-0.2, -0.15) is 0 Å². The van der Waals surface area contributed by atoms with Gasteiger partial charge in [-0.1, -0.05) is 17.7 Å². The highest BCUT2D eigenvalue weighted by atomic mass is 35.5. The Hall–Kier alpha value is -0.970. The average molecular weight is 319 g/mol. The minimum atomic E-state index is -0.489. The summed E-state index contributed by atoms with van der Waals surface area (Å²) in [6.07, 6.45) is 0.492. The van der Waals surface area contributed by atoms with E-state index in [4.69, 9.17) is 16.3 Å². The van der Waals surface area contributed by atoms with Crippen molar-refractivity contribution in [1.82, 2.24) is 10.2 Å². The van der Waals surface area contributed by atoms with E-state index in [-0.39, 0.29) is 18.3 Å². The molecule has 1 saturated heterocycles. The molecule has 1 heterocycles. The highest BCUT2D eigenvalue weighted by Crippen LogP contribution is 2.18. The molecule has 1 atom stereocenters. The zero-order chi connectivity index (χ0) is 13.7. The van der Waals surface area contributed by atoms with E-state index in [1.165, 1.54) is 0 Å². The Labute approximate surface area is 130 Å². The van der Waals surface area contributed by atoms with Crippen molar-refractivity contribution >= 4 is 29.9 Å². The summed E-state index contributed by atoms with van der Waals surface area (Å²) in [5.41, 5.74) is 0. The minimum absolute atomic E-state index is 0. The van der Waals surface area contributed by atoms with Crippen molar-refractivity contribution in [2.24, 2.45) is 0 Å². The zero-order valence-electron chi connectivity index (χ0n) is 11.5. The number of halogens is 2. The predicted molar refractivity (Wildman–Crippen MR) is 82.9 cm³/mol. The summed E-state index contributed by atoms with van der Waals surface area (Å²) >= 11 is 5.89. The monoisotopic (exact) mass is 318 g/mol. The summed E-state index contributed by atoms with van der Waals surface area (Å²) in [6, 6.07) is 7.11. The summed E-state index contributed by atoms with van der Waals surface area (Å²) < 4.78 is 5.65. The molecule has 1 fully saturated rings. The van der Waals surface area contributed by atoms with Gasteiger partial charge >= 0.3 is 0 Å². The first-order valence-corrected chi connectivity index (χ1v) is 6.96. The van der Waals surface area contributed by atoms with Crippen LogP contribution in [0.15, 0.2) is 24.3 Å². The predicted octanol–water partition coefficient (Wildman–Crippen LogP) is 2.35. The van der Waals surface area contributed by atoms with E-state index in [9.17, 15) is 4.79 Å². The van der Waals surface area contributed by atoms with E-state index in [0.717, 1.165) is 32.6 Å². The number of benzene rings is 1.